The van der Waals surface area contributed by atoms with Crippen LogP contribution in [0.2, 0.25) is 0 Å². The van der Waals surface area contributed by atoms with E-state index in [9.17, 15) is 31.7 Å². The van der Waals surface area contributed by atoms with E-state index in [-0.39, 0.29) is 10.6 Å². The van der Waals surface area contributed by atoms with Gasteiger partial charge in [-0.15, -0.1) is 0 Å². The van der Waals surface area contributed by atoms with Crippen LogP contribution in [-0.4, -0.2) is 30.1 Å². The lowest BCUT2D eigenvalue weighted by atomic mass is 10.1. The highest BCUT2D eigenvalue weighted by Crippen LogP contribution is 2.28. The van der Waals surface area contributed by atoms with Crippen LogP contribution >= 0.6 is 0 Å². The Morgan fingerprint density at radius 3 is 2.26 bits per heavy atom. The smallest absolute Gasteiger partial charge is 0.346 e. The summed E-state index contributed by atoms with van der Waals surface area (Å²) in [7, 11) is -4.47. The predicted octanol–water partition coefficient (Wildman–Crippen LogP) is 4.38. The number of hydrogen-bond acceptors (Lipinski definition) is 4. The van der Waals surface area contributed by atoms with Crippen LogP contribution in [0.15, 0.2) is 47.5 Å². The van der Waals surface area contributed by atoms with Crippen LogP contribution in [0.1, 0.15) is 16.7 Å². The topological polar surface area (TPSA) is 94.2 Å². The zero-order chi connectivity index (χ0) is 23.1. The van der Waals surface area contributed by atoms with Gasteiger partial charge in [0.1, 0.15) is 6.04 Å². The summed E-state index contributed by atoms with van der Waals surface area (Å²) < 4.78 is 70.0. The number of aryl methyl sites for hydroxylation is 3. The summed E-state index contributed by atoms with van der Waals surface area (Å²) in [5.74, 6) is 0. The lowest BCUT2D eigenvalue weighted by Crippen LogP contribution is -2.48. The molecule has 1 aromatic heterocycles. The average Bonchev–Trinajstić information content (AvgIpc) is 3.01. The molecule has 1 heterocycles. The van der Waals surface area contributed by atoms with Gasteiger partial charge in [-0.25, -0.2) is 8.42 Å². The first kappa shape index (κ1) is 22.8. The maximum atomic E-state index is 13.8. The minimum absolute atomic E-state index is 0.180. The summed E-state index contributed by atoms with van der Waals surface area (Å²) in [4.78, 5) is 10.1. The molecule has 0 saturated heterocycles. The third-order valence-electron chi connectivity index (χ3n) is 4.91. The zero-order valence-electron chi connectivity index (χ0n) is 16.9. The first-order valence-corrected chi connectivity index (χ1v) is 10.7. The molecule has 11 heteroatoms. The molecule has 1 atom stereocenters. The van der Waals surface area contributed by atoms with Crippen molar-refractivity contribution in [3.8, 4) is 0 Å². The number of nitro benzene ring substituents is 1. The van der Waals surface area contributed by atoms with Crippen LogP contribution in [0.3, 0.4) is 0 Å². The number of nitrogens with zero attached hydrogens (tertiary/aromatic N) is 2. The fraction of sp³-hybridized carbons (Fsp3) is 0.300. The minimum atomic E-state index is -4.86. The summed E-state index contributed by atoms with van der Waals surface area (Å²) in [6, 6.07) is 6.00. The van der Waals surface area contributed by atoms with E-state index in [2.05, 4.69) is 0 Å². The number of nitro groups is 1. The number of fused-ring (bicyclic) bond motifs is 1. The quantitative estimate of drug-likeness (QED) is 0.441. The molecular formula is C20H20F3N3O4S. The van der Waals surface area contributed by atoms with E-state index >= 15 is 0 Å². The number of non-ortho nitro benzene ring substituents is 1. The molecule has 1 N–H and O–H groups in total. The normalized spacial score (nSPS) is 13.5. The van der Waals surface area contributed by atoms with E-state index < -0.39 is 33.7 Å². The highest BCUT2D eigenvalue weighted by molar-refractivity contribution is 7.89. The number of nitrogens with one attached hydrogen (secondary N) is 1. The molecule has 0 fully saturated rings. The second-order valence-corrected chi connectivity index (χ2v) is 9.06. The van der Waals surface area contributed by atoms with Gasteiger partial charge < -0.3 is 4.57 Å². The van der Waals surface area contributed by atoms with E-state index in [4.69, 9.17) is 0 Å². The zero-order valence-corrected chi connectivity index (χ0v) is 17.7. The van der Waals surface area contributed by atoms with Crippen LogP contribution in [0, 0.1) is 30.9 Å². The highest BCUT2D eigenvalue weighted by Gasteiger charge is 2.43. The third kappa shape index (κ3) is 4.72. The van der Waals surface area contributed by atoms with Crippen molar-refractivity contribution in [3.63, 3.8) is 0 Å². The fourth-order valence-corrected chi connectivity index (χ4v) is 5.37. The van der Waals surface area contributed by atoms with Crippen molar-refractivity contribution in [2.75, 3.05) is 0 Å². The number of alkyl halides is 3. The maximum absolute atomic E-state index is 13.8. The largest absolute Gasteiger partial charge is 0.406 e. The number of sulfonamides is 1. The SMILES string of the molecule is Cc1cc(C)c(S(=O)(=O)NC(Cn2ccc3cc([N+](=O)[O-])ccc32)C(F)(F)F)c(C)c1. The Morgan fingerprint density at radius 2 is 1.71 bits per heavy atom. The standard InChI is InChI=1S/C20H20F3N3O4S/c1-12-8-13(2)19(14(3)9-12)31(29,30)24-18(20(21,22)23)11-25-7-6-15-10-16(26(27)28)4-5-17(15)25/h4-10,18,24H,11H2,1-3H3. The molecule has 0 saturated carbocycles. The average molecular weight is 455 g/mol. The summed E-state index contributed by atoms with van der Waals surface area (Å²) in [5, 5.41) is 11.3. The van der Waals surface area contributed by atoms with Crippen molar-refractivity contribution < 1.29 is 26.5 Å². The fourth-order valence-electron chi connectivity index (χ4n) is 3.70. The van der Waals surface area contributed by atoms with Crippen molar-refractivity contribution in [2.24, 2.45) is 0 Å². The molecule has 0 amide bonds. The number of aromatic nitrogens is 1. The summed E-state index contributed by atoms with van der Waals surface area (Å²) in [5.41, 5.74) is 1.63. The van der Waals surface area contributed by atoms with Gasteiger partial charge in [0, 0.05) is 35.8 Å². The Hall–Kier alpha value is -2.92. The first-order chi connectivity index (χ1) is 14.3. The molecule has 31 heavy (non-hydrogen) atoms. The maximum Gasteiger partial charge on any atom is 0.406 e. The van der Waals surface area contributed by atoms with Gasteiger partial charge in [0.05, 0.1) is 9.82 Å². The van der Waals surface area contributed by atoms with Crippen LogP contribution in [-0.2, 0) is 16.6 Å². The van der Waals surface area contributed by atoms with Gasteiger partial charge in [0.2, 0.25) is 10.0 Å². The van der Waals surface area contributed by atoms with Crippen molar-refractivity contribution in [1.29, 1.82) is 0 Å². The van der Waals surface area contributed by atoms with E-state index in [1.165, 1.54) is 48.9 Å². The molecule has 7 nitrogen and oxygen atoms in total. The first-order valence-electron chi connectivity index (χ1n) is 9.20. The predicted molar refractivity (Wildman–Crippen MR) is 109 cm³/mol. The number of rotatable bonds is 6. The Balaban J connectivity index is 1.97. The van der Waals surface area contributed by atoms with Crippen molar-refractivity contribution in [2.45, 2.75) is 44.4 Å². The molecule has 0 spiro atoms. The summed E-state index contributed by atoms with van der Waals surface area (Å²) in [6.07, 6.45) is -3.53. The van der Waals surface area contributed by atoms with Gasteiger partial charge >= 0.3 is 6.18 Å². The monoisotopic (exact) mass is 455 g/mol. The van der Waals surface area contributed by atoms with Gasteiger partial charge in [0.25, 0.3) is 5.69 Å². The molecule has 0 aliphatic rings. The Morgan fingerprint density at radius 1 is 1.10 bits per heavy atom. The van der Waals surface area contributed by atoms with E-state index in [0.29, 0.717) is 22.0 Å². The molecule has 0 aliphatic carbocycles. The number of benzene rings is 2. The highest BCUT2D eigenvalue weighted by atomic mass is 32.2. The number of hydrogen-bond donors (Lipinski definition) is 1. The van der Waals surface area contributed by atoms with Gasteiger partial charge in [-0.2, -0.15) is 17.9 Å². The van der Waals surface area contributed by atoms with Crippen LogP contribution < -0.4 is 4.72 Å². The van der Waals surface area contributed by atoms with E-state index in [0.717, 1.165) is 5.56 Å². The van der Waals surface area contributed by atoms with Gasteiger partial charge in [-0.1, -0.05) is 17.7 Å². The lowest BCUT2D eigenvalue weighted by Gasteiger charge is -2.24. The van der Waals surface area contributed by atoms with E-state index in [1.807, 2.05) is 0 Å². The molecule has 0 bridgehead atoms. The van der Waals surface area contributed by atoms with Crippen LogP contribution in [0.25, 0.3) is 10.9 Å². The molecule has 1 unspecified atom stereocenters. The van der Waals surface area contributed by atoms with Crippen LogP contribution in [0.5, 0.6) is 0 Å². The third-order valence-corrected chi connectivity index (χ3v) is 6.69. The van der Waals surface area contributed by atoms with Crippen molar-refractivity contribution >= 4 is 26.6 Å². The molecule has 3 aromatic rings. The van der Waals surface area contributed by atoms with Crippen molar-refractivity contribution in [3.05, 3.63) is 69.4 Å². The molecular weight excluding hydrogens is 435 g/mol. The van der Waals surface area contributed by atoms with Gasteiger partial charge in [-0.3, -0.25) is 10.1 Å². The van der Waals surface area contributed by atoms with Gasteiger partial charge in [0.15, 0.2) is 0 Å². The van der Waals surface area contributed by atoms with Crippen molar-refractivity contribution in [1.82, 2.24) is 9.29 Å². The van der Waals surface area contributed by atoms with E-state index in [1.54, 1.807) is 23.8 Å². The molecule has 3 rings (SSSR count). The lowest BCUT2D eigenvalue weighted by molar-refractivity contribution is -0.384. The Kier molecular flexibility index (Phi) is 5.85. The minimum Gasteiger partial charge on any atom is -0.346 e. The molecule has 166 valence electrons. The summed E-state index contributed by atoms with van der Waals surface area (Å²) >= 11 is 0. The molecule has 0 radical (unpaired) electrons. The Labute approximate surface area is 176 Å². The molecule has 0 aliphatic heterocycles. The second kappa shape index (κ2) is 7.97. The summed E-state index contributed by atoms with van der Waals surface area (Å²) in [6.45, 7) is 4.10. The Bertz CT molecular complexity index is 1240. The second-order valence-electron chi connectivity index (χ2n) is 7.41. The van der Waals surface area contributed by atoms with Crippen LogP contribution in [0.4, 0.5) is 18.9 Å². The number of halogens is 3. The van der Waals surface area contributed by atoms with Gasteiger partial charge in [-0.05, 0) is 44.0 Å². The molecule has 2 aromatic carbocycles.